The Kier molecular flexibility index (Phi) is 2.76. The molecule has 3 N–H and O–H groups in total. The number of aliphatic hydroxyl groups is 1. The maximum absolute atomic E-state index is 11.9. The fraction of sp³-hybridized carbons (Fsp3) is 0.154. The summed E-state index contributed by atoms with van der Waals surface area (Å²) in [5.41, 5.74) is 6.49. The minimum Gasteiger partial charge on any atom is -0.468 e. The van der Waals surface area contributed by atoms with Gasteiger partial charge in [-0.05, 0) is 6.08 Å². The van der Waals surface area contributed by atoms with E-state index in [1.165, 1.54) is 12.4 Å². The second-order valence-corrected chi connectivity index (χ2v) is 4.36. The number of hydrogen-bond acceptors (Lipinski definition) is 6. The van der Waals surface area contributed by atoms with E-state index in [9.17, 15) is 4.79 Å². The molecule has 0 spiro atoms. The van der Waals surface area contributed by atoms with E-state index in [1.807, 2.05) is 0 Å². The maximum atomic E-state index is 11.9. The second-order valence-electron chi connectivity index (χ2n) is 4.36. The molecule has 0 aromatic carbocycles. The summed E-state index contributed by atoms with van der Waals surface area (Å²) in [6.07, 6.45) is 3.93. The standard InChI is InChI=1S/C13H12N4O3/c1-7-4-8(5-18)20-13(7)17-3-2-9(19)10-11(14)15-6-16-12(10)17/h2-4,6,13,18H,1,5H2,(H2,14,15,16)/t13-/m1/s1. The lowest BCUT2D eigenvalue weighted by molar-refractivity contribution is 0.0868. The number of aliphatic hydroxyl groups excluding tert-OH is 1. The molecule has 3 rings (SSSR count). The summed E-state index contributed by atoms with van der Waals surface area (Å²) in [5, 5.41) is 9.35. The minimum atomic E-state index is -0.561. The van der Waals surface area contributed by atoms with Gasteiger partial charge in [0.05, 0.1) is 0 Å². The van der Waals surface area contributed by atoms with Gasteiger partial charge >= 0.3 is 0 Å². The Bertz CT molecular complexity index is 794. The third kappa shape index (κ3) is 1.76. The molecule has 3 heterocycles. The highest BCUT2D eigenvalue weighted by atomic mass is 16.5. The highest BCUT2D eigenvalue weighted by Gasteiger charge is 2.25. The van der Waals surface area contributed by atoms with Crippen LogP contribution in [0.3, 0.4) is 0 Å². The van der Waals surface area contributed by atoms with Crippen LogP contribution in [-0.2, 0) is 4.74 Å². The quantitative estimate of drug-likeness (QED) is 0.816. The van der Waals surface area contributed by atoms with E-state index in [4.69, 9.17) is 15.6 Å². The normalized spacial score (nSPS) is 18.1. The third-order valence-corrected chi connectivity index (χ3v) is 3.07. The van der Waals surface area contributed by atoms with Crippen molar-refractivity contribution in [2.24, 2.45) is 0 Å². The lowest BCUT2D eigenvalue weighted by Crippen LogP contribution is -2.17. The van der Waals surface area contributed by atoms with Gasteiger partial charge in [-0.1, -0.05) is 6.58 Å². The van der Waals surface area contributed by atoms with Crippen LogP contribution >= 0.6 is 0 Å². The first kappa shape index (κ1) is 12.4. The fourth-order valence-electron chi connectivity index (χ4n) is 2.16. The van der Waals surface area contributed by atoms with Gasteiger partial charge < -0.3 is 15.6 Å². The molecule has 0 saturated heterocycles. The Labute approximate surface area is 113 Å². The molecule has 0 radical (unpaired) electrons. The van der Waals surface area contributed by atoms with Gasteiger partial charge in [0.1, 0.15) is 29.9 Å². The topological polar surface area (TPSA) is 103 Å². The molecule has 0 aliphatic carbocycles. The number of nitrogens with zero attached hydrogens (tertiary/aromatic N) is 3. The molecule has 0 amide bonds. The predicted octanol–water partition coefficient (Wildman–Crippen LogP) is 0.335. The van der Waals surface area contributed by atoms with E-state index in [0.717, 1.165) is 0 Å². The summed E-state index contributed by atoms with van der Waals surface area (Å²) in [5.74, 6) is 0.530. The summed E-state index contributed by atoms with van der Waals surface area (Å²) in [6, 6.07) is 1.37. The highest BCUT2D eigenvalue weighted by Crippen LogP contribution is 2.31. The first-order valence-corrected chi connectivity index (χ1v) is 5.90. The monoisotopic (exact) mass is 272 g/mol. The van der Waals surface area contributed by atoms with Gasteiger partial charge in [-0.2, -0.15) is 0 Å². The van der Waals surface area contributed by atoms with Gasteiger partial charge in [0.15, 0.2) is 11.1 Å². The molecule has 0 bridgehead atoms. The number of ether oxygens (including phenoxy) is 1. The van der Waals surface area contributed by atoms with Crippen LogP contribution in [0.4, 0.5) is 5.82 Å². The third-order valence-electron chi connectivity index (χ3n) is 3.07. The zero-order valence-corrected chi connectivity index (χ0v) is 10.5. The van der Waals surface area contributed by atoms with Crippen molar-refractivity contribution in [1.29, 1.82) is 0 Å². The van der Waals surface area contributed by atoms with E-state index < -0.39 is 6.23 Å². The van der Waals surface area contributed by atoms with Gasteiger partial charge in [0.25, 0.3) is 0 Å². The zero-order valence-electron chi connectivity index (χ0n) is 10.5. The molecule has 2 aromatic rings. The van der Waals surface area contributed by atoms with Crippen molar-refractivity contribution in [3.05, 3.63) is 52.8 Å². The van der Waals surface area contributed by atoms with E-state index in [-0.39, 0.29) is 23.2 Å². The maximum Gasteiger partial charge on any atom is 0.202 e. The summed E-state index contributed by atoms with van der Waals surface area (Å²) < 4.78 is 7.20. The molecule has 7 nitrogen and oxygen atoms in total. The van der Waals surface area contributed by atoms with Crippen LogP contribution in [0.2, 0.25) is 0 Å². The van der Waals surface area contributed by atoms with Crippen molar-refractivity contribution >= 4 is 16.9 Å². The number of nitrogens with two attached hydrogens (primary N) is 1. The molecule has 1 aliphatic heterocycles. The molecule has 0 unspecified atom stereocenters. The number of nitrogen functional groups attached to an aromatic ring is 1. The number of anilines is 1. The van der Waals surface area contributed by atoms with E-state index in [1.54, 1.807) is 16.8 Å². The minimum absolute atomic E-state index is 0.119. The molecular formula is C13H12N4O3. The van der Waals surface area contributed by atoms with Crippen LogP contribution in [0.5, 0.6) is 0 Å². The van der Waals surface area contributed by atoms with E-state index >= 15 is 0 Å². The van der Waals surface area contributed by atoms with Crippen LogP contribution in [0.15, 0.2) is 47.4 Å². The number of aromatic nitrogens is 3. The largest absolute Gasteiger partial charge is 0.468 e. The molecule has 1 atom stereocenters. The number of pyridine rings is 1. The Balaban J connectivity index is 2.20. The average Bonchev–Trinajstić information content (AvgIpc) is 2.80. The predicted molar refractivity (Wildman–Crippen MR) is 72.6 cm³/mol. The van der Waals surface area contributed by atoms with Crippen molar-refractivity contribution in [3.8, 4) is 0 Å². The van der Waals surface area contributed by atoms with Crippen LogP contribution in [0.1, 0.15) is 6.23 Å². The Morgan fingerprint density at radius 3 is 3.00 bits per heavy atom. The molecule has 2 aromatic heterocycles. The van der Waals surface area contributed by atoms with Crippen LogP contribution in [-0.4, -0.2) is 26.2 Å². The van der Waals surface area contributed by atoms with Gasteiger partial charge in [-0.25, -0.2) is 9.97 Å². The zero-order chi connectivity index (χ0) is 14.3. The second kappa shape index (κ2) is 4.46. The van der Waals surface area contributed by atoms with Gasteiger partial charge in [-0.15, -0.1) is 0 Å². The first-order chi connectivity index (χ1) is 9.61. The highest BCUT2D eigenvalue weighted by molar-refractivity contribution is 5.85. The first-order valence-electron chi connectivity index (χ1n) is 5.90. The van der Waals surface area contributed by atoms with Crippen molar-refractivity contribution in [1.82, 2.24) is 14.5 Å². The average molecular weight is 272 g/mol. The van der Waals surface area contributed by atoms with Crippen molar-refractivity contribution in [2.75, 3.05) is 12.3 Å². The van der Waals surface area contributed by atoms with Crippen LogP contribution in [0.25, 0.3) is 11.0 Å². The smallest absolute Gasteiger partial charge is 0.202 e. The summed E-state index contributed by atoms with van der Waals surface area (Å²) in [7, 11) is 0. The summed E-state index contributed by atoms with van der Waals surface area (Å²) in [4.78, 5) is 19.8. The van der Waals surface area contributed by atoms with Crippen molar-refractivity contribution in [3.63, 3.8) is 0 Å². The van der Waals surface area contributed by atoms with Gasteiger partial charge in [0, 0.05) is 17.8 Å². The molecule has 0 fully saturated rings. The number of fused-ring (bicyclic) bond motifs is 1. The lowest BCUT2D eigenvalue weighted by Gasteiger charge is -2.19. The van der Waals surface area contributed by atoms with E-state index in [2.05, 4.69) is 16.5 Å². The Morgan fingerprint density at radius 2 is 2.30 bits per heavy atom. The number of rotatable bonds is 2. The molecule has 7 heteroatoms. The lowest BCUT2D eigenvalue weighted by atomic mass is 10.2. The molecule has 1 aliphatic rings. The van der Waals surface area contributed by atoms with Crippen molar-refractivity contribution < 1.29 is 9.84 Å². The SMILES string of the molecule is C=C1C=C(CO)O[C@H]1n1ccc(=O)c2c(N)ncnc21. The molecular weight excluding hydrogens is 260 g/mol. The molecule has 20 heavy (non-hydrogen) atoms. The van der Waals surface area contributed by atoms with Crippen LogP contribution in [0, 0.1) is 0 Å². The molecule has 102 valence electrons. The van der Waals surface area contributed by atoms with Gasteiger partial charge in [-0.3, -0.25) is 9.36 Å². The molecule has 0 saturated carbocycles. The Morgan fingerprint density at radius 1 is 1.50 bits per heavy atom. The summed E-state index contributed by atoms with van der Waals surface area (Å²) in [6.45, 7) is 3.66. The van der Waals surface area contributed by atoms with Crippen LogP contribution < -0.4 is 11.2 Å². The van der Waals surface area contributed by atoms with Gasteiger partial charge in [0.2, 0.25) is 6.23 Å². The van der Waals surface area contributed by atoms with Crippen molar-refractivity contribution in [2.45, 2.75) is 6.23 Å². The van der Waals surface area contributed by atoms with E-state index in [0.29, 0.717) is 17.0 Å². The Hall–Kier alpha value is -2.67. The summed E-state index contributed by atoms with van der Waals surface area (Å²) >= 11 is 0. The fourth-order valence-corrected chi connectivity index (χ4v) is 2.16. The number of hydrogen-bond donors (Lipinski definition) is 2.